The van der Waals surface area contributed by atoms with Gasteiger partial charge in [-0.1, -0.05) is 62.4 Å². The molecule has 0 bridgehead atoms. The standard InChI is InChI=1S/C48H68N2O15/c1-10-37(53)63-45-30(5)60-39(26-48(45,6)57)64-42-29(4)61-47(41(55)40(42)50(7)8)65-43-32(22-23-51)24-27(2)35(52)19-13-11-12-16-28(3)59-38(54)25-36(44(43)58-9)62-46(56)34-21-20-31-17-14-15-18-33(31)49-34/h11-15,17-21,23,27-30,32,35-36,39-45,47,52,55,57H,10,16,22,24-26H2,1-9H3/b12-11+,19-13+/t27-,28-,29-,30+,32?,35+,36?,39+,40-,41-,42-,43+,44+,45+,47+,48-/m1/s1. The van der Waals surface area contributed by atoms with Gasteiger partial charge in [-0.15, -0.1) is 0 Å². The van der Waals surface area contributed by atoms with Crippen molar-refractivity contribution in [2.75, 3.05) is 21.2 Å². The molecule has 3 aliphatic rings. The quantitative estimate of drug-likeness (QED) is 0.154. The minimum Gasteiger partial charge on any atom is -0.462 e. The first-order chi connectivity index (χ1) is 30.9. The monoisotopic (exact) mass is 912 g/mol. The Balaban J connectivity index is 1.50. The molecule has 0 amide bonds. The second kappa shape index (κ2) is 23.5. The van der Waals surface area contributed by atoms with Gasteiger partial charge in [0.2, 0.25) is 0 Å². The van der Waals surface area contributed by atoms with E-state index in [4.69, 9.17) is 37.9 Å². The Morgan fingerprint density at radius 3 is 2.38 bits per heavy atom. The molecule has 0 saturated carbocycles. The number of hydrogen-bond acceptors (Lipinski definition) is 17. The average Bonchev–Trinajstić information content (AvgIpc) is 3.25. The number of benzene rings is 1. The molecular formula is C48H68N2O15. The maximum Gasteiger partial charge on any atom is 0.357 e. The number of aromatic nitrogens is 1. The number of para-hydroxylation sites is 1. The highest BCUT2D eigenvalue weighted by atomic mass is 16.7. The summed E-state index contributed by atoms with van der Waals surface area (Å²) < 4.78 is 49.4. The van der Waals surface area contributed by atoms with E-state index >= 15 is 0 Å². The Labute approximate surface area is 381 Å². The molecule has 2 aromatic rings. The Kier molecular flexibility index (Phi) is 18.7. The fourth-order valence-corrected chi connectivity index (χ4v) is 8.94. The highest BCUT2D eigenvalue weighted by Crippen LogP contribution is 2.38. The van der Waals surface area contributed by atoms with Crippen molar-refractivity contribution < 1.29 is 72.4 Å². The average molecular weight is 913 g/mol. The first kappa shape index (κ1) is 51.8. The van der Waals surface area contributed by atoms with Gasteiger partial charge in [0.25, 0.3) is 0 Å². The molecule has 65 heavy (non-hydrogen) atoms. The number of hydrogen-bond donors (Lipinski definition) is 3. The van der Waals surface area contributed by atoms with E-state index < -0.39 is 121 Å². The lowest BCUT2D eigenvalue weighted by Gasteiger charge is -2.50. The molecule has 16 atom stereocenters. The number of carbonyl (C=O) groups excluding carboxylic acids is 4. The summed E-state index contributed by atoms with van der Waals surface area (Å²) in [5, 5.41) is 35.7. The lowest BCUT2D eigenvalue weighted by molar-refractivity contribution is -0.344. The number of aliphatic hydroxyl groups excluding tert-OH is 2. The highest BCUT2D eigenvalue weighted by Gasteiger charge is 2.53. The second-order valence-electron chi connectivity index (χ2n) is 17.9. The number of carbonyl (C=O) groups is 4. The van der Waals surface area contributed by atoms with Crippen LogP contribution in [0.3, 0.4) is 0 Å². The van der Waals surface area contributed by atoms with Crippen LogP contribution in [0.4, 0.5) is 0 Å². The van der Waals surface area contributed by atoms with Crippen molar-refractivity contribution in [1.29, 1.82) is 0 Å². The van der Waals surface area contributed by atoms with E-state index in [1.807, 2.05) is 19.1 Å². The smallest absolute Gasteiger partial charge is 0.357 e. The third kappa shape index (κ3) is 13.5. The number of likely N-dealkylation sites (N-methyl/N-ethyl adjacent to an activating group) is 1. The van der Waals surface area contributed by atoms with Crippen molar-refractivity contribution in [3.8, 4) is 0 Å². The molecule has 17 nitrogen and oxygen atoms in total. The topological polar surface area (TPSA) is 219 Å². The van der Waals surface area contributed by atoms with Crippen LogP contribution in [0.15, 0.2) is 60.7 Å². The van der Waals surface area contributed by atoms with Crippen LogP contribution in [-0.4, -0.2) is 156 Å². The maximum absolute atomic E-state index is 14.0. The molecule has 0 aliphatic carbocycles. The number of ether oxygens (including phenoxy) is 8. The lowest BCUT2D eigenvalue weighted by Crippen LogP contribution is -2.66. The van der Waals surface area contributed by atoms with Gasteiger partial charge in [-0.05, 0) is 72.2 Å². The first-order valence-electron chi connectivity index (χ1n) is 22.5. The summed E-state index contributed by atoms with van der Waals surface area (Å²) >= 11 is 0. The van der Waals surface area contributed by atoms with Crippen molar-refractivity contribution in [3.63, 3.8) is 0 Å². The Hall–Kier alpha value is -4.17. The van der Waals surface area contributed by atoms with Crippen molar-refractivity contribution in [1.82, 2.24) is 9.88 Å². The predicted molar refractivity (Wildman–Crippen MR) is 236 cm³/mol. The van der Waals surface area contributed by atoms with E-state index in [2.05, 4.69) is 4.98 Å². The third-order valence-electron chi connectivity index (χ3n) is 12.4. The van der Waals surface area contributed by atoms with Gasteiger partial charge in [0.15, 0.2) is 18.7 Å². The van der Waals surface area contributed by atoms with Gasteiger partial charge in [-0.2, -0.15) is 0 Å². The number of aldehydes is 1. The van der Waals surface area contributed by atoms with Gasteiger partial charge in [0, 0.05) is 38.2 Å². The Bertz CT molecular complexity index is 1960. The number of allylic oxidation sites excluding steroid dienone is 2. The van der Waals surface area contributed by atoms with Crippen LogP contribution in [0, 0.1) is 11.8 Å². The van der Waals surface area contributed by atoms with Crippen LogP contribution in [0.2, 0.25) is 0 Å². The van der Waals surface area contributed by atoms with Crippen molar-refractivity contribution in [2.45, 2.75) is 165 Å². The van der Waals surface area contributed by atoms with Gasteiger partial charge in [-0.25, -0.2) is 9.78 Å². The van der Waals surface area contributed by atoms with Gasteiger partial charge in [0.05, 0.1) is 42.4 Å². The van der Waals surface area contributed by atoms with Crippen LogP contribution >= 0.6 is 0 Å². The van der Waals surface area contributed by atoms with E-state index in [0.717, 1.165) is 5.39 Å². The minimum atomic E-state index is -1.51. The summed E-state index contributed by atoms with van der Waals surface area (Å²) in [4.78, 5) is 58.7. The fraction of sp³-hybridized carbons (Fsp3) is 0.646. The van der Waals surface area contributed by atoms with Crippen LogP contribution < -0.4 is 0 Å². The number of aliphatic hydroxyl groups is 3. The lowest BCUT2D eigenvalue weighted by atomic mass is 9.82. The summed E-state index contributed by atoms with van der Waals surface area (Å²) in [6.45, 7) is 10.1. The number of cyclic esters (lactones) is 1. The molecule has 0 spiro atoms. The number of pyridine rings is 1. The van der Waals surface area contributed by atoms with Crippen LogP contribution in [0.5, 0.6) is 0 Å². The zero-order chi connectivity index (χ0) is 47.6. The van der Waals surface area contributed by atoms with Gasteiger partial charge < -0.3 is 62.9 Å². The van der Waals surface area contributed by atoms with E-state index in [0.29, 0.717) is 18.2 Å². The molecule has 2 unspecified atom stereocenters. The molecular weight excluding hydrogens is 845 g/mol. The number of esters is 3. The predicted octanol–water partition coefficient (Wildman–Crippen LogP) is 4.22. The molecule has 1 aromatic carbocycles. The molecule has 17 heteroatoms. The number of methoxy groups -OCH3 is 1. The zero-order valence-electron chi connectivity index (χ0n) is 38.9. The van der Waals surface area contributed by atoms with E-state index in [9.17, 15) is 34.5 Å². The third-order valence-corrected chi connectivity index (χ3v) is 12.4. The minimum absolute atomic E-state index is 0.0296. The molecule has 5 rings (SSSR count). The van der Waals surface area contributed by atoms with Crippen LogP contribution in [0.1, 0.15) is 90.6 Å². The Morgan fingerprint density at radius 1 is 0.969 bits per heavy atom. The van der Waals surface area contributed by atoms with Gasteiger partial charge in [0.1, 0.15) is 48.1 Å². The Morgan fingerprint density at radius 2 is 1.71 bits per heavy atom. The molecule has 4 heterocycles. The van der Waals surface area contributed by atoms with Crippen LogP contribution in [-0.2, 0) is 52.3 Å². The molecule has 3 N–H and O–H groups in total. The van der Waals surface area contributed by atoms with Crippen LogP contribution in [0.25, 0.3) is 10.9 Å². The summed E-state index contributed by atoms with van der Waals surface area (Å²) in [6.07, 6.45) is -5.02. The van der Waals surface area contributed by atoms with E-state index in [1.165, 1.54) is 13.2 Å². The summed E-state index contributed by atoms with van der Waals surface area (Å²) in [5.74, 6) is -3.25. The number of nitrogens with zero attached hydrogens (tertiary/aromatic N) is 2. The summed E-state index contributed by atoms with van der Waals surface area (Å²) in [5.41, 5.74) is -0.994. The van der Waals surface area contributed by atoms with Crippen molar-refractivity contribution >= 4 is 35.1 Å². The number of rotatable bonds is 12. The molecule has 1 aromatic heterocycles. The summed E-state index contributed by atoms with van der Waals surface area (Å²) in [7, 11) is 4.84. The number of fused-ring (bicyclic) bond motifs is 1. The fourth-order valence-electron chi connectivity index (χ4n) is 8.94. The molecule has 2 saturated heterocycles. The first-order valence-corrected chi connectivity index (χ1v) is 22.5. The largest absolute Gasteiger partial charge is 0.462 e. The normalized spacial score (nSPS) is 37.5. The molecule has 3 aliphatic heterocycles. The van der Waals surface area contributed by atoms with Crippen molar-refractivity contribution in [2.24, 2.45) is 11.8 Å². The molecule has 360 valence electrons. The maximum atomic E-state index is 14.0. The summed E-state index contributed by atoms with van der Waals surface area (Å²) in [6, 6.07) is 9.67. The molecule has 2 fully saturated rings. The zero-order valence-corrected chi connectivity index (χ0v) is 38.9. The molecule has 0 radical (unpaired) electrons. The van der Waals surface area contributed by atoms with Gasteiger partial charge >= 0.3 is 17.9 Å². The van der Waals surface area contributed by atoms with E-state index in [1.54, 1.807) is 96.1 Å². The SMILES string of the molecule is CCC(=O)O[C@H]1[C@H](C)O[C@@H](O[C@H]2[C@H](N(C)C)[C@@H](O)[C@H](O[C@H]3C(CC=O)C[C@@H](C)[C@@H](O)/C=C/C=C/C[C@@H](C)OC(=O)CC(OC(=O)c4ccc5ccccc5n4)[C@@H]3OC)O[C@@H]2C)C[C@@]1(C)O. The second-order valence-corrected chi connectivity index (χ2v) is 17.9. The highest BCUT2D eigenvalue weighted by molar-refractivity contribution is 5.91. The van der Waals surface area contributed by atoms with E-state index in [-0.39, 0.29) is 31.4 Å². The van der Waals surface area contributed by atoms with Gasteiger partial charge in [-0.3, -0.25) is 9.59 Å². The van der Waals surface area contributed by atoms with Crippen molar-refractivity contribution in [3.05, 3.63) is 66.4 Å².